The van der Waals surface area contributed by atoms with Crippen molar-refractivity contribution in [1.29, 1.82) is 0 Å². The van der Waals surface area contributed by atoms with E-state index in [-0.39, 0.29) is 17.8 Å². The van der Waals surface area contributed by atoms with E-state index in [0.717, 1.165) is 12.8 Å². The fourth-order valence-corrected chi connectivity index (χ4v) is 2.38. The van der Waals surface area contributed by atoms with E-state index in [9.17, 15) is 9.59 Å². The number of rotatable bonds is 1. The van der Waals surface area contributed by atoms with E-state index in [2.05, 4.69) is 10.1 Å². The van der Waals surface area contributed by atoms with Crippen LogP contribution >= 0.6 is 0 Å². The molecule has 2 rings (SSSR count). The van der Waals surface area contributed by atoms with Gasteiger partial charge in [-0.3, -0.25) is 4.79 Å². The summed E-state index contributed by atoms with van der Waals surface area (Å²) in [6, 6.07) is -0.449. The Morgan fingerprint density at radius 1 is 1.60 bits per heavy atom. The Labute approximate surface area is 88.7 Å². The molecule has 1 heterocycles. The van der Waals surface area contributed by atoms with Gasteiger partial charge in [-0.25, -0.2) is 4.79 Å². The Balaban J connectivity index is 2.10. The maximum Gasteiger partial charge on any atom is 0.328 e. The van der Waals surface area contributed by atoms with Crippen molar-refractivity contribution in [2.45, 2.75) is 25.3 Å². The third-order valence-electron chi connectivity index (χ3n) is 3.20. The number of allylic oxidation sites excluding steroid dienone is 1. The van der Waals surface area contributed by atoms with Crippen LogP contribution < -0.4 is 5.32 Å². The van der Waals surface area contributed by atoms with Gasteiger partial charge >= 0.3 is 5.97 Å². The van der Waals surface area contributed by atoms with Crippen LogP contribution in [0.4, 0.5) is 0 Å². The molecule has 1 aliphatic carbocycles. The van der Waals surface area contributed by atoms with Gasteiger partial charge in [-0.15, -0.1) is 0 Å². The number of piperidine rings is 1. The number of carbonyl (C=O) groups is 2. The maximum absolute atomic E-state index is 11.7. The van der Waals surface area contributed by atoms with Gasteiger partial charge in [0, 0.05) is 0 Å². The van der Waals surface area contributed by atoms with Crippen LogP contribution in [-0.2, 0) is 14.3 Å². The molecule has 1 aliphatic heterocycles. The standard InChI is InChI=1S/C11H15NO3/c1-15-11(14)9-6-7-4-2-3-5-8(7)10(13)12-9/h3,5,7-9H,2,4,6H2,1H3,(H,12,13)/t7-,8+,9?/m0/s1. The van der Waals surface area contributed by atoms with Crippen molar-refractivity contribution in [3.63, 3.8) is 0 Å². The number of esters is 1. The van der Waals surface area contributed by atoms with E-state index in [1.165, 1.54) is 7.11 Å². The Bertz CT molecular complexity index is 311. The van der Waals surface area contributed by atoms with Gasteiger partial charge in [-0.1, -0.05) is 12.2 Å². The normalized spacial score (nSPS) is 34.2. The Hall–Kier alpha value is -1.32. The fourth-order valence-electron chi connectivity index (χ4n) is 2.38. The van der Waals surface area contributed by atoms with Crippen LogP contribution in [0.5, 0.6) is 0 Å². The highest BCUT2D eigenvalue weighted by atomic mass is 16.5. The second-order valence-electron chi connectivity index (χ2n) is 4.11. The number of hydrogen-bond acceptors (Lipinski definition) is 3. The molecule has 1 unspecified atom stereocenters. The lowest BCUT2D eigenvalue weighted by molar-refractivity contribution is -0.148. The predicted octanol–water partition coefficient (Wildman–Crippen LogP) is 0.630. The lowest BCUT2D eigenvalue weighted by Gasteiger charge is -2.35. The third kappa shape index (κ3) is 1.89. The van der Waals surface area contributed by atoms with Gasteiger partial charge in [-0.05, 0) is 25.2 Å². The summed E-state index contributed by atoms with van der Waals surface area (Å²) in [7, 11) is 1.35. The van der Waals surface area contributed by atoms with Crippen molar-refractivity contribution in [3.05, 3.63) is 12.2 Å². The largest absolute Gasteiger partial charge is 0.467 e. The van der Waals surface area contributed by atoms with Crippen LogP contribution in [0.25, 0.3) is 0 Å². The summed E-state index contributed by atoms with van der Waals surface area (Å²) in [5, 5.41) is 2.70. The van der Waals surface area contributed by atoms with Gasteiger partial charge in [-0.2, -0.15) is 0 Å². The summed E-state index contributed by atoms with van der Waals surface area (Å²) < 4.78 is 4.65. The summed E-state index contributed by atoms with van der Waals surface area (Å²) in [5.41, 5.74) is 0. The summed E-state index contributed by atoms with van der Waals surface area (Å²) >= 11 is 0. The minimum atomic E-state index is -0.449. The first-order chi connectivity index (χ1) is 7.22. The second-order valence-corrected chi connectivity index (χ2v) is 4.11. The first kappa shape index (κ1) is 10.2. The third-order valence-corrected chi connectivity index (χ3v) is 3.20. The van der Waals surface area contributed by atoms with Gasteiger partial charge in [0.2, 0.25) is 5.91 Å². The molecule has 82 valence electrons. The van der Waals surface area contributed by atoms with E-state index in [1.807, 2.05) is 12.2 Å². The zero-order valence-electron chi connectivity index (χ0n) is 8.73. The van der Waals surface area contributed by atoms with Crippen LogP contribution in [-0.4, -0.2) is 25.0 Å². The number of amides is 1. The minimum Gasteiger partial charge on any atom is -0.467 e. The van der Waals surface area contributed by atoms with E-state index in [1.54, 1.807) is 0 Å². The van der Waals surface area contributed by atoms with Gasteiger partial charge in [0.25, 0.3) is 0 Å². The van der Waals surface area contributed by atoms with E-state index in [4.69, 9.17) is 0 Å². The molecule has 0 aromatic rings. The van der Waals surface area contributed by atoms with Crippen LogP contribution in [0, 0.1) is 11.8 Å². The highest BCUT2D eigenvalue weighted by Gasteiger charge is 2.38. The minimum absolute atomic E-state index is 0.0420. The molecule has 1 amide bonds. The zero-order chi connectivity index (χ0) is 10.8. The summed E-state index contributed by atoms with van der Waals surface area (Å²) in [5.74, 6) is -0.124. The Kier molecular flexibility index (Phi) is 2.75. The molecule has 2 aliphatic rings. The molecular weight excluding hydrogens is 194 g/mol. The number of nitrogens with one attached hydrogen (secondary N) is 1. The van der Waals surface area contributed by atoms with Crippen LogP contribution in [0.15, 0.2) is 12.2 Å². The second kappa shape index (κ2) is 4.04. The van der Waals surface area contributed by atoms with Crippen molar-refractivity contribution in [1.82, 2.24) is 5.32 Å². The lowest BCUT2D eigenvalue weighted by atomic mass is 9.76. The number of methoxy groups -OCH3 is 1. The molecule has 3 atom stereocenters. The zero-order valence-corrected chi connectivity index (χ0v) is 8.73. The molecule has 4 nitrogen and oxygen atoms in total. The topological polar surface area (TPSA) is 55.4 Å². The van der Waals surface area contributed by atoms with E-state index >= 15 is 0 Å². The number of hydrogen-bond donors (Lipinski definition) is 1. The van der Waals surface area contributed by atoms with Crippen molar-refractivity contribution in [3.8, 4) is 0 Å². The van der Waals surface area contributed by atoms with Crippen molar-refractivity contribution < 1.29 is 14.3 Å². The SMILES string of the molecule is COC(=O)C1C[C@@H]2CCC=C[C@H]2C(=O)N1. The molecule has 0 radical (unpaired) electrons. The smallest absolute Gasteiger partial charge is 0.328 e. The van der Waals surface area contributed by atoms with E-state index < -0.39 is 6.04 Å². The number of carbonyl (C=O) groups excluding carboxylic acids is 2. The first-order valence-electron chi connectivity index (χ1n) is 5.27. The highest BCUT2D eigenvalue weighted by molar-refractivity contribution is 5.88. The molecule has 1 N–H and O–H groups in total. The van der Waals surface area contributed by atoms with Gasteiger partial charge < -0.3 is 10.1 Å². The maximum atomic E-state index is 11.7. The molecule has 0 bridgehead atoms. The summed E-state index contributed by atoms with van der Waals surface area (Å²) in [4.78, 5) is 23.0. The van der Waals surface area contributed by atoms with Gasteiger partial charge in [0.1, 0.15) is 6.04 Å². The average Bonchev–Trinajstić information content (AvgIpc) is 2.28. The Morgan fingerprint density at radius 2 is 2.40 bits per heavy atom. The molecule has 1 saturated heterocycles. The molecule has 0 spiro atoms. The van der Waals surface area contributed by atoms with Gasteiger partial charge in [0.05, 0.1) is 13.0 Å². The van der Waals surface area contributed by atoms with Crippen molar-refractivity contribution >= 4 is 11.9 Å². The predicted molar refractivity (Wildman–Crippen MR) is 53.9 cm³/mol. The molecular formula is C11H15NO3. The van der Waals surface area contributed by atoms with Crippen molar-refractivity contribution in [2.24, 2.45) is 11.8 Å². The van der Waals surface area contributed by atoms with Crippen molar-refractivity contribution in [2.75, 3.05) is 7.11 Å². The number of ether oxygens (including phenoxy) is 1. The van der Waals surface area contributed by atoms with Crippen LogP contribution in [0.1, 0.15) is 19.3 Å². The fraction of sp³-hybridized carbons (Fsp3) is 0.636. The van der Waals surface area contributed by atoms with Gasteiger partial charge in [0.15, 0.2) is 0 Å². The van der Waals surface area contributed by atoms with Crippen LogP contribution in [0.2, 0.25) is 0 Å². The average molecular weight is 209 g/mol. The first-order valence-corrected chi connectivity index (χ1v) is 5.27. The quantitative estimate of drug-likeness (QED) is 0.509. The lowest BCUT2D eigenvalue weighted by Crippen LogP contribution is -2.52. The molecule has 15 heavy (non-hydrogen) atoms. The number of fused-ring (bicyclic) bond motifs is 1. The summed E-state index contributed by atoms with van der Waals surface area (Å²) in [6.07, 6.45) is 6.69. The summed E-state index contributed by atoms with van der Waals surface area (Å²) in [6.45, 7) is 0. The molecule has 4 heteroatoms. The van der Waals surface area contributed by atoms with E-state index in [0.29, 0.717) is 12.3 Å². The Morgan fingerprint density at radius 3 is 3.13 bits per heavy atom. The molecule has 1 fully saturated rings. The monoisotopic (exact) mass is 209 g/mol. The molecule has 0 aromatic carbocycles. The highest BCUT2D eigenvalue weighted by Crippen LogP contribution is 2.32. The molecule has 0 aromatic heterocycles. The molecule has 0 saturated carbocycles. The van der Waals surface area contributed by atoms with Crippen LogP contribution in [0.3, 0.4) is 0 Å².